The molecule has 0 aliphatic heterocycles. The number of H-pyrrole nitrogens is 1. The molecule has 2 aromatic rings. The van der Waals surface area contributed by atoms with Crippen LogP contribution in [0.2, 0.25) is 0 Å². The number of fused-ring (bicyclic) bond motifs is 1. The Kier molecular flexibility index (Phi) is 3.69. The lowest BCUT2D eigenvalue weighted by atomic mass is 10.1. The molecule has 0 aliphatic carbocycles. The van der Waals surface area contributed by atoms with Gasteiger partial charge in [-0.2, -0.15) is 0 Å². The highest BCUT2D eigenvalue weighted by Gasteiger charge is 2.07. The number of aryl methyl sites for hydroxylation is 1. The fourth-order valence-electron chi connectivity index (χ4n) is 2.07. The van der Waals surface area contributed by atoms with Gasteiger partial charge in [0, 0.05) is 23.1 Å². The minimum absolute atomic E-state index is 0.577. The largest absolute Gasteiger partial charge is 0.383 e. The zero-order valence-corrected chi connectivity index (χ0v) is 10.6. The Morgan fingerprint density at radius 1 is 1.35 bits per heavy atom. The Morgan fingerprint density at radius 2 is 2.12 bits per heavy atom. The van der Waals surface area contributed by atoms with Crippen molar-refractivity contribution in [1.29, 1.82) is 0 Å². The zero-order valence-electron chi connectivity index (χ0n) is 10.6. The van der Waals surface area contributed by atoms with E-state index in [-0.39, 0.29) is 0 Å². The fraction of sp³-hybridized carbons (Fsp3) is 0.429. The molecule has 3 heteroatoms. The van der Waals surface area contributed by atoms with Crippen LogP contribution in [0.1, 0.15) is 19.0 Å². The van der Waals surface area contributed by atoms with Crippen molar-refractivity contribution in [3.05, 3.63) is 30.0 Å². The lowest BCUT2D eigenvalue weighted by Crippen LogP contribution is -2.15. The van der Waals surface area contributed by atoms with E-state index in [2.05, 4.69) is 48.4 Å². The van der Waals surface area contributed by atoms with Crippen LogP contribution in [0.5, 0.6) is 0 Å². The van der Waals surface area contributed by atoms with Gasteiger partial charge in [0.15, 0.2) is 0 Å². The first-order valence-electron chi connectivity index (χ1n) is 6.23. The van der Waals surface area contributed by atoms with Gasteiger partial charge in [0.25, 0.3) is 0 Å². The summed E-state index contributed by atoms with van der Waals surface area (Å²) in [6.45, 7) is 6.02. The summed E-state index contributed by atoms with van der Waals surface area (Å²) in [5, 5.41) is 4.78. The van der Waals surface area contributed by atoms with Crippen LogP contribution in [-0.4, -0.2) is 18.1 Å². The minimum Gasteiger partial charge on any atom is -0.383 e. The summed E-state index contributed by atoms with van der Waals surface area (Å²) in [4.78, 5) is 3.39. The van der Waals surface area contributed by atoms with E-state index in [0.717, 1.165) is 19.5 Å². The molecule has 0 radical (unpaired) electrons. The molecular weight excluding hydrogens is 210 g/mol. The molecule has 4 N–H and O–H groups in total. The van der Waals surface area contributed by atoms with Crippen molar-refractivity contribution in [2.24, 2.45) is 11.7 Å². The number of hydrogen-bond acceptors (Lipinski definition) is 2. The van der Waals surface area contributed by atoms with E-state index >= 15 is 0 Å². The maximum Gasteiger partial charge on any atom is 0.0628 e. The molecule has 0 fully saturated rings. The van der Waals surface area contributed by atoms with Gasteiger partial charge in [-0.15, -0.1) is 0 Å². The third kappa shape index (κ3) is 2.61. The number of aromatic nitrogens is 1. The lowest BCUT2D eigenvalue weighted by molar-refractivity contribution is 0.561. The summed E-state index contributed by atoms with van der Waals surface area (Å²) < 4.78 is 0. The topological polar surface area (TPSA) is 53.8 Å². The maximum atomic E-state index is 5.62. The second-order valence-corrected chi connectivity index (χ2v) is 4.73. The van der Waals surface area contributed by atoms with Crippen LogP contribution in [0.4, 0.5) is 5.69 Å². The molecule has 17 heavy (non-hydrogen) atoms. The number of benzene rings is 1. The van der Waals surface area contributed by atoms with Gasteiger partial charge in [-0.1, -0.05) is 25.1 Å². The van der Waals surface area contributed by atoms with Crippen molar-refractivity contribution in [3.63, 3.8) is 0 Å². The Balaban J connectivity index is 2.10. The highest BCUT2D eigenvalue weighted by Crippen LogP contribution is 2.26. The number of nitrogens with two attached hydrogens (primary N) is 1. The predicted molar refractivity (Wildman–Crippen MR) is 74.4 cm³/mol. The SMILES string of the molecule is Cc1[nH]c2ccccc2c1NCCC(C)CN. The third-order valence-electron chi connectivity index (χ3n) is 3.23. The molecule has 0 amide bonds. The predicted octanol–water partition coefficient (Wildman–Crippen LogP) is 2.87. The molecule has 3 nitrogen and oxygen atoms in total. The fourth-order valence-corrected chi connectivity index (χ4v) is 2.07. The van der Waals surface area contributed by atoms with Gasteiger partial charge in [0.05, 0.1) is 5.69 Å². The van der Waals surface area contributed by atoms with Gasteiger partial charge >= 0.3 is 0 Å². The molecule has 0 saturated heterocycles. The highest BCUT2D eigenvalue weighted by molar-refractivity contribution is 5.94. The summed E-state index contributed by atoms with van der Waals surface area (Å²) in [5.41, 5.74) is 9.24. The number of rotatable bonds is 5. The number of aromatic amines is 1. The van der Waals surface area contributed by atoms with Gasteiger partial charge in [0.2, 0.25) is 0 Å². The Bertz CT molecular complexity index is 487. The molecule has 0 aliphatic rings. The smallest absolute Gasteiger partial charge is 0.0628 e. The summed E-state index contributed by atoms with van der Waals surface area (Å²) >= 11 is 0. The van der Waals surface area contributed by atoms with Crippen molar-refractivity contribution in [3.8, 4) is 0 Å². The molecule has 1 atom stereocenters. The Morgan fingerprint density at radius 3 is 2.88 bits per heavy atom. The highest BCUT2D eigenvalue weighted by atomic mass is 14.9. The average Bonchev–Trinajstić information content (AvgIpc) is 2.66. The average molecular weight is 231 g/mol. The molecule has 1 aromatic carbocycles. The molecule has 0 bridgehead atoms. The van der Waals surface area contributed by atoms with Crippen LogP contribution < -0.4 is 11.1 Å². The minimum atomic E-state index is 0.577. The number of para-hydroxylation sites is 1. The second kappa shape index (κ2) is 5.23. The van der Waals surface area contributed by atoms with E-state index in [4.69, 9.17) is 5.73 Å². The summed E-state index contributed by atoms with van der Waals surface area (Å²) in [6.07, 6.45) is 1.11. The maximum absolute atomic E-state index is 5.62. The first-order chi connectivity index (χ1) is 8.22. The van der Waals surface area contributed by atoms with Crippen LogP contribution in [-0.2, 0) is 0 Å². The van der Waals surface area contributed by atoms with Crippen LogP contribution >= 0.6 is 0 Å². The molecule has 0 saturated carbocycles. The van der Waals surface area contributed by atoms with E-state index in [1.165, 1.54) is 22.3 Å². The van der Waals surface area contributed by atoms with Crippen LogP contribution in [0.15, 0.2) is 24.3 Å². The second-order valence-electron chi connectivity index (χ2n) is 4.73. The van der Waals surface area contributed by atoms with E-state index < -0.39 is 0 Å². The van der Waals surface area contributed by atoms with Crippen molar-refractivity contribution in [2.75, 3.05) is 18.4 Å². The quantitative estimate of drug-likeness (QED) is 0.741. The zero-order chi connectivity index (χ0) is 12.3. The van der Waals surface area contributed by atoms with Gasteiger partial charge < -0.3 is 16.0 Å². The standard InChI is InChI=1S/C14H21N3/c1-10(9-15)7-8-16-14-11(2)17-13-6-4-3-5-12(13)14/h3-6,10,16-17H,7-9,15H2,1-2H3. The van der Waals surface area contributed by atoms with Crippen LogP contribution in [0, 0.1) is 12.8 Å². The van der Waals surface area contributed by atoms with Crippen LogP contribution in [0.25, 0.3) is 10.9 Å². The van der Waals surface area contributed by atoms with Crippen molar-refractivity contribution in [2.45, 2.75) is 20.3 Å². The Labute approximate surface area is 102 Å². The van der Waals surface area contributed by atoms with Crippen molar-refractivity contribution in [1.82, 2.24) is 4.98 Å². The molecule has 1 heterocycles. The van der Waals surface area contributed by atoms with Gasteiger partial charge in [-0.05, 0) is 31.9 Å². The van der Waals surface area contributed by atoms with Gasteiger partial charge in [-0.3, -0.25) is 0 Å². The molecule has 0 spiro atoms. The first-order valence-corrected chi connectivity index (χ1v) is 6.23. The molecule has 2 rings (SSSR count). The summed E-state index contributed by atoms with van der Waals surface area (Å²) in [5.74, 6) is 0.577. The first kappa shape index (κ1) is 12.0. The molecule has 92 valence electrons. The van der Waals surface area contributed by atoms with E-state index in [9.17, 15) is 0 Å². The summed E-state index contributed by atoms with van der Waals surface area (Å²) in [7, 11) is 0. The third-order valence-corrected chi connectivity index (χ3v) is 3.23. The van der Waals surface area contributed by atoms with Gasteiger partial charge in [-0.25, -0.2) is 0 Å². The molecular formula is C14H21N3. The lowest BCUT2D eigenvalue weighted by Gasteiger charge is -2.10. The molecule has 1 aromatic heterocycles. The van der Waals surface area contributed by atoms with Crippen molar-refractivity contribution >= 4 is 16.6 Å². The van der Waals surface area contributed by atoms with Gasteiger partial charge in [0.1, 0.15) is 0 Å². The van der Waals surface area contributed by atoms with E-state index in [0.29, 0.717) is 5.92 Å². The van der Waals surface area contributed by atoms with E-state index in [1.807, 2.05) is 0 Å². The Hall–Kier alpha value is -1.48. The van der Waals surface area contributed by atoms with Crippen molar-refractivity contribution < 1.29 is 0 Å². The van der Waals surface area contributed by atoms with E-state index in [1.54, 1.807) is 0 Å². The number of nitrogens with one attached hydrogen (secondary N) is 2. The number of anilines is 1. The summed E-state index contributed by atoms with van der Waals surface area (Å²) in [6, 6.07) is 8.38. The monoisotopic (exact) mass is 231 g/mol. The molecule has 1 unspecified atom stereocenters. The normalized spacial score (nSPS) is 12.9. The number of hydrogen-bond donors (Lipinski definition) is 3. The van der Waals surface area contributed by atoms with Crippen LogP contribution in [0.3, 0.4) is 0 Å².